The van der Waals surface area contributed by atoms with E-state index in [0.29, 0.717) is 5.92 Å². The number of piperidine rings is 1. The van der Waals surface area contributed by atoms with E-state index in [-0.39, 0.29) is 0 Å². The summed E-state index contributed by atoms with van der Waals surface area (Å²) >= 11 is 0. The third kappa shape index (κ3) is 3.78. The van der Waals surface area contributed by atoms with Crippen LogP contribution in [0.5, 0.6) is 0 Å². The van der Waals surface area contributed by atoms with Crippen LogP contribution in [0.3, 0.4) is 0 Å². The molecular weight excluding hydrogens is 266 g/mol. The molecule has 0 amide bonds. The predicted octanol–water partition coefficient (Wildman–Crippen LogP) is 5.08. The second kappa shape index (κ2) is 7.60. The predicted molar refractivity (Wildman–Crippen MR) is 94.2 cm³/mol. The van der Waals surface area contributed by atoms with Gasteiger partial charge in [-0.15, -0.1) is 0 Å². The van der Waals surface area contributed by atoms with E-state index in [4.69, 9.17) is 0 Å². The maximum Gasteiger partial charge on any atom is 0.0101 e. The van der Waals surface area contributed by atoms with Crippen molar-refractivity contribution in [1.82, 2.24) is 4.90 Å². The highest BCUT2D eigenvalue weighted by atomic mass is 15.2. The average molecular weight is 293 g/mol. The van der Waals surface area contributed by atoms with Crippen LogP contribution in [-0.2, 0) is 0 Å². The van der Waals surface area contributed by atoms with Gasteiger partial charge < -0.3 is 4.90 Å². The van der Waals surface area contributed by atoms with Gasteiger partial charge in [0.1, 0.15) is 0 Å². The molecule has 0 aromatic heterocycles. The first-order valence-corrected chi connectivity index (χ1v) is 8.68. The quantitative estimate of drug-likeness (QED) is 0.743. The van der Waals surface area contributed by atoms with Crippen LogP contribution < -0.4 is 0 Å². The molecule has 1 heteroatoms. The van der Waals surface area contributed by atoms with Gasteiger partial charge in [-0.05, 0) is 50.4 Å². The zero-order valence-corrected chi connectivity index (χ0v) is 13.6. The molecule has 1 unspecified atom stereocenters. The van der Waals surface area contributed by atoms with Gasteiger partial charge in [0.05, 0.1) is 0 Å². The van der Waals surface area contributed by atoms with Crippen LogP contribution >= 0.6 is 0 Å². The molecular formula is C21H27N. The number of nitrogens with zero attached hydrogens (tertiary/aromatic N) is 1. The fourth-order valence-electron chi connectivity index (χ4n) is 3.68. The standard InChI is InChI=1S/C21H27N/c1-18-10-8-9-16-22(18)17-15-21(19-11-4-2-5-12-19)20-13-6-3-7-14-20/h2-7,11-14,18,21H,8-10,15-17H2,1H3. The van der Waals surface area contributed by atoms with Crippen molar-refractivity contribution in [2.24, 2.45) is 0 Å². The molecule has 0 bridgehead atoms. The molecule has 116 valence electrons. The Hall–Kier alpha value is -1.60. The summed E-state index contributed by atoms with van der Waals surface area (Å²) in [5.41, 5.74) is 2.89. The van der Waals surface area contributed by atoms with Crippen molar-refractivity contribution in [3.05, 3.63) is 71.8 Å². The van der Waals surface area contributed by atoms with E-state index >= 15 is 0 Å². The van der Waals surface area contributed by atoms with E-state index in [1.165, 1.54) is 49.9 Å². The highest BCUT2D eigenvalue weighted by molar-refractivity contribution is 5.32. The Kier molecular flexibility index (Phi) is 5.29. The normalized spacial score (nSPS) is 19.5. The molecule has 0 spiro atoms. The summed E-state index contributed by atoms with van der Waals surface area (Å²) in [6.45, 7) is 4.87. The van der Waals surface area contributed by atoms with Crippen LogP contribution in [0.15, 0.2) is 60.7 Å². The Balaban J connectivity index is 1.74. The van der Waals surface area contributed by atoms with Gasteiger partial charge in [0, 0.05) is 12.0 Å². The first-order chi connectivity index (χ1) is 10.8. The van der Waals surface area contributed by atoms with Crippen LogP contribution in [0, 0.1) is 0 Å². The summed E-state index contributed by atoms with van der Waals surface area (Å²) in [6, 6.07) is 22.7. The summed E-state index contributed by atoms with van der Waals surface area (Å²) in [7, 11) is 0. The van der Waals surface area contributed by atoms with E-state index in [1.807, 2.05) is 0 Å². The van der Waals surface area contributed by atoms with Gasteiger partial charge in [-0.2, -0.15) is 0 Å². The molecule has 1 fully saturated rings. The number of hydrogen-bond donors (Lipinski definition) is 0. The SMILES string of the molecule is CC1CCCCN1CCC(c1ccccc1)c1ccccc1. The highest BCUT2D eigenvalue weighted by Crippen LogP contribution is 2.29. The van der Waals surface area contributed by atoms with E-state index in [0.717, 1.165) is 6.04 Å². The number of hydrogen-bond acceptors (Lipinski definition) is 1. The lowest BCUT2D eigenvalue weighted by Crippen LogP contribution is -2.38. The second-order valence-electron chi connectivity index (χ2n) is 6.54. The minimum Gasteiger partial charge on any atom is -0.301 e. The molecule has 1 aliphatic rings. The molecule has 2 aromatic carbocycles. The van der Waals surface area contributed by atoms with Gasteiger partial charge in [0.15, 0.2) is 0 Å². The molecule has 1 nitrogen and oxygen atoms in total. The third-order valence-corrected chi connectivity index (χ3v) is 5.05. The maximum atomic E-state index is 2.68. The monoisotopic (exact) mass is 293 g/mol. The average Bonchev–Trinajstić information content (AvgIpc) is 2.59. The van der Waals surface area contributed by atoms with Crippen LogP contribution in [0.2, 0.25) is 0 Å². The topological polar surface area (TPSA) is 3.24 Å². The third-order valence-electron chi connectivity index (χ3n) is 5.05. The zero-order chi connectivity index (χ0) is 15.2. The lowest BCUT2D eigenvalue weighted by atomic mass is 9.88. The molecule has 0 radical (unpaired) electrons. The summed E-state index contributed by atoms with van der Waals surface area (Å²) in [5.74, 6) is 0.511. The fourth-order valence-corrected chi connectivity index (χ4v) is 3.68. The van der Waals surface area contributed by atoms with Crippen molar-refractivity contribution >= 4 is 0 Å². The van der Waals surface area contributed by atoms with Crippen molar-refractivity contribution in [3.63, 3.8) is 0 Å². The van der Waals surface area contributed by atoms with E-state index < -0.39 is 0 Å². The van der Waals surface area contributed by atoms with Gasteiger partial charge in [-0.3, -0.25) is 0 Å². The molecule has 2 aromatic rings. The van der Waals surface area contributed by atoms with Gasteiger partial charge in [-0.1, -0.05) is 67.1 Å². The van der Waals surface area contributed by atoms with Crippen LogP contribution in [0.1, 0.15) is 49.7 Å². The van der Waals surface area contributed by atoms with E-state index in [9.17, 15) is 0 Å². The Labute approximate surface area is 135 Å². The van der Waals surface area contributed by atoms with Gasteiger partial charge in [-0.25, -0.2) is 0 Å². The minimum absolute atomic E-state index is 0.511. The largest absolute Gasteiger partial charge is 0.301 e. The van der Waals surface area contributed by atoms with Crippen LogP contribution in [-0.4, -0.2) is 24.0 Å². The molecule has 3 rings (SSSR count). The number of benzene rings is 2. The fraction of sp³-hybridized carbons (Fsp3) is 0.429. The van der Waals surface area contributed by atoms with E-state index in [2.05, 4.69) is 72.5 Å². The molecule has 1 atom stereocenters. The first kappa shape index (κ1) is 15.3. The summed E-state index contributed by atoms with van der Waals surface area (Å²) in [6.07, 6.45) is 5.34. The van der Waals surface area contributed by atoms with Crippen molar-refractivity contribution in [2.45, 2.75) is 44.6 Å². The van der Waals surface area contributed by atoms with Gasteiger partial charge >= 0.3 is 0 Å². The van der Waals surface area contributed by atoms with E-state index in [1.54, 1.807) is 0 Å². The summed E-state index contributed by atoms with van der Waals surface area (Å²) in [4.78, 5) is 2.68. The number of rotatable bonds is 5. The Morgan fingerprint density at radius 3 is 2.05 bits per heavy atom. The zero-order valence-electron chi connectivity index (χ0n) is 13.6. The summed E-state index contributed by atoms with van der Waals surface area (Å²) < 4.78 is 0. The molecule has 1 aliphatic heterocycles. The van der Waals surface area contributed by atoms with Crippen molar-refractivity contribution in [2.75, 3.05) is 13.1 Å². The van der Waals surface area contributed by atoms with Crippen molar-refractivity contribution < 1.29 is 0 Å². The molecule has 0 N–H and O–H groups in total. The lowest BCUT2D eigenvalue weighted by Gasteiger charge is -2.34. The Morgan fingerprint density at radius 2 is 1.50 bits per heavy atom. The highest BCUT2D eigenvalue weighted by Gasteiger charge is 2.20. The second-order valence-corrected chi connectivity index (χ2v) is 6.54. The van der Waals surface area contributed by atoms with Crippen LogP contribution in [0.25, 0.3) is 0 Å². The molecule has 0 aliphatic carbocycles. The molecule has 0 saturated carbocycles. The van der Waals surface area contributed by atoms with Crippen LogP contribution in [0.4, 0.5) is 0 Å². The molecule has 1 saturated heterocycles. The first-order valence-electron chi connectivity index (χ1n) is 8.68. The summed E-state index contributed by atoms with van der Waals surface area (Å²) in [5, 5.41) is 0. The van der Waals surface area contributed by atoms with Crippen molar-refractivity contribution in [3.8, 4) is 0 Å². The van der Waals surface area contributed by atoms with Gasteiger partial charge in [0.2, 0.25) is 0 Å². The minimum atomic E-state index is 0.511. The maximum absolute atomic E-state index is 2.68. The smallest absolute Gasteiger partial charge is 0.0101 e. The Bertz CT molecular complexity index is 509. The molecule has 1 heterocycles. The molecule has 22 heavy (non-hydrogen) atoms. The Morgan fingerprint density at radius 1 is 0.909 bits per heavy atom. The number of likely N-dealkylation sites (tertiary alicyclic amines) is 1. The van der Waals surface area contributed by atoms with Gasteiger partial charge in [0.25, 0.3) is 0 Å². The lowest BCUT2D eigenvalue weighted by molar-refractivity contribution is 0.157. The van der Waals surface area contributed by atoms with Crippen molar-refractivity contribution in [1.29, 1.82) is 0 Å².